The quantitative estimate of drug-likeness (QED) is 0.882. The van der Waals surface area contributed by atoms with Crippen molar-refractivity contribution in [2.45, 2.75) is 24.2 Å². The van der Waals surface area contributed by atoms with Crippen molar-refractivity contribution in [1.82, 2.24) is 4.72 Å². The second-order valence-electron chi connectivity index (χ2n) is 6.56. The van der Waals surface area contributed by atoms with Crippen molar-refractivity contribution in [1.29, 1.82) is 0 Å². The summed E-state index contributed by atoms with van der Waals surface area (Å²) in [5, 5.41) is 0. The Labute approximate surface area is 152 Å². The molecule has 26 heavy (non-hydrogen) atoms. The molecule has 4 rings (SSSR count). The van der Waals surface area contributed by atoms with E-state index in [4.69, 9.17) is 0 Å². The number of amides is 1. The minimum atomic E-state index is -3.59. The normalized spacial score (nSPS) is 21.8. The fourth-order valence-corrected chi connectivity index (χ4v) is 4.74. The first kappa shape index (κ1) is 16.8. The fraction of sp³-hybridized carbons (Fsp3) is 0.263. The van der Waals surface area contributed by atoms with Crippen LogP contribution in [-0.2, 0) is 14.8 Å². The summed E-state index contributed by atoms with van der Waals surface area (Å²) in [6.45, 7) is 2.70. The molecule has 2 heterocycles. The van der Waals surface area contributed by atoms with Crippen LogP contribution < -0.4 is 9.62 Å². The number of nitrogens with zero attached hydrogens (tertiary/aromatic N) is 2. The van der Waals surface area contributed by atoms with Gasteiger partial charge >= 0.3 is 0 Å². The van der Waals surface area contributed by atoms with Crippen molar-refractivity contribution < 1.29 is 13.2 Å². The van der Waals surface area contributed by atoms with Crippen LogP contribution in [0.25, 0.3) is 0 Å². The second kappa shape index (κ2) is 6.25. The van der Waals surface area contributed by atoms with Crippen LogP contribution in [0.4, 0.5) is 5.69 Å². The number of rotatable bonds is 2. The van der Waals surface area contributed by atoms with Crippen LogP contribution in [0.5, 0.6) is 0 Å². The molecule has 2 aromatic carbocycles. The van der Waals surface area contributed by atoms with Gasteiger partial charge in [-0.1, -0.05) is 37.3 Å². The molecule has 1 amide bonds. The SMILES string of the molecule is CC1CCN(C(=O)CN=C2NS(=O)(=O)c3ccccc32)c2ccccc21. The number of hydrogen-bond donors (Lipinski definition) is 1. The number of carbonyl (C=O) groups excluding carboxylic acids is 1. The standard InChI is InChI=1S/C19H19N3O3S/c1-13-10-11-22(16-8-4-2-6-14(13)16)18(23)12-20-19-15-7-3-5-9-17(15)26(24,25)21-19/h2-9,13H,10-12H2,1H3,(H,20,21). The molecule has 0 radical (unpaired) electrons. The predicted molar refractivity (Wildman–Crippen MR) is 100.0 cm³/mol. The van der Waals surface area contributed by atoms with E-state index in [2.05, 4.69) is 16.6 Å². The Hall–Kier alpha value is -2.67. The molecule has 2 aliphatic rings. The highest BCUT2D eigenvalue weighted by Gasteiger charge is 2.31. The molecular weight excluding hydrogens is 350 g/mol. The molecule has 2 aromatic rings. The fourth-order valence-electron chi connectivity index (χ4n) is 3.49. The molecule has 6 nitrogen and oxygen atoms in total. The zero-order valence-electron chi connectivity index (χ0n) is 14.3. The smallest absolute Gasteiger partial charge is 0.263 e. The summed E-state index contributed by atoms with van der Waals surface area (Å²) in [6.07, 6.45) is 0.898. The van der Waals surface area contributed by atoms with Crippen molar-refractivity contribution in [2.24, 2.45) is 4.99 Å². The molecule has 0 aliphatic carbocycles. The maximum absolute atomic E-state index is 12.7. The van der Waals surface area contributed by atoms with Crippen molar-refractivity contribution in [3.63, 3.8) is 0 Å². The van der Waals surface area contributed by atoms with Gasteiger partial charge in [-0.15, -0.1) is 0 Å². The van der Waals surface area contributed by atoms with Crippen LogP contribution in [0.3, 0.4) is 0 Å². The van der Waals surface area contributed by atoms with Crippen molar-refractivity contribution in [3.8, 4) is 0 Å². The van der Waals surface area contributed by atoms with Gasteiger partial charge in [-0.3, -0.25) is 14.5 Å². The Morgan fingerprint density at radius 3 is 2.77 bits per heavy atom. The first-order valence-corrected chi connectivity index (χ1v) is 10.0. The van der Waals surface area contributed by atoms with Crippen LogP contribution in [-0.4, -0.2) is 33.3 Å². The molecule has 1 unspecified atom stereocenters. The monoisotopic (exact) mass is 369 g/mol. The van der Waals surface area contributed by atoms with Crippen LogP contribution >= 0.6 is 0 Å². The molecule has 0 fully saturated rings. The van der Waals surface area contributed by atoms with Crippen molar-refractivity contribution in [3.05, 3.63) is 59.7 Å². The van der Waals surface area contributed by atoms with Crippen LogP contribution in [0.15, 0.2) is 58.4 Å². The van der Waals surface area contributed by atoms with E-state index in [1.807, 2.05) is 24.3 Å². The summed E-state index contributed by atoms with van der Waals surface area (Å²) in [6, 6.07) is 14.5. The zero-order chi connectivity index (χ0) is 18.3. The number of benzene rings is 2. The summed E-state index contributed by atoms with van der Waals surface area (Å²) in [4.78, 5) is 18.9. The van der Waals surface area contributed by atoms with Crippen molar-refractivity contribution >= 4 is 27.5 Å². The van der Waals surface area contributed by atoms with Gasteiger partial charge in [0, 0.05) is 17.8 Å². The van der Waals surface area contributed by atoms with Gasteiger partial charge < -0.3 is 4.90 Å². The number of sulfonamides is 1. The number of anilines is 1. The largest absolute Gasteiger partial charge is 0.311 e. The lowest BCUT2D eigenvalue weighted by Gasteiger charge is -2.32. The average molecular weight is 369 g/mol. The van der Waals surface area contributed by atoms with Crippen molar-refractivity contribution in [2.75, 3.05) is 18.0 Å². The van der Waals surface area contributed by atoms with Gasteiger partial charge in [0.1, 0.15) is 12.4 Å². The Bertz CT molecular complexity index is 1010. The Balaban J connectivity index is 1.59. The number of carbonyl (C=O) groups is 1. The summed E-state index contributed by atoms with van der Waals surface area (Å²) < 4.78 is 26.7. The van der Waals surface area contributed by atoms with E-state index in [1.54, 1.807) is 23.1 Å². The second-order valence-corrected chi connectivity index (χ2v) is 8.21. The number of hydrogen-bond acceptors (Lipinski definition) is 4. The molecule has 134 valence electrons. The zero-order valence-corrected chi connectivity index (χ0v) is 15.2. The summed E-state index contributed by atoms with van der Waals surface area (Å²) in [7, 11) is -3.59. The molecule has 0 saturated carbocycles. The molecule has 1 N–H and O–H groups in total. The molecule has 0 saturated heterocycles. The van der Waals surface area contributed by atoms with Gasteiger partial charge in [-0.25, -0.2) is 8.42 Å². The summed E-state index contributed by atoms with van der Waals surface area (Å²) >= 11 is 0. The van der Waals surface area contributed by atoms with E-state index in [0.717, 1.165) is 17.7 Å². The average Bonchev–Trinajstić information content (AvgIpc) is 2.91. The molecule has 2 aliphatic heterocycles. The third-order valence-corrected chi connectivity index (χ3v) is 6.28. The maximum Gasteiger partial charge on any atom is 0.263 e. The number of aliphatic imine (C=N–C) groups is 1. The van der Waals surface area contributed by atoms with Gasteiger partial charge in [-0.05, 0) is 36.1 Å². The molecule has 7 heteroatoms. The molecular formula is C19H19N3O3S. The number of para-hydroxylation sites is 1. The molecule has 0 bridgehead atoms. The lowest BCUT2D eigenvalue weighted by molar-refractivity contribution is -0.117. The summed E-state index contributed by atoms with van der Waals surface area (Å²) in [5.74, 6) is 0.503. The number of amidine groups is 1. The van der Waals surface area contributed by atoms with Gasteiger partial charge in [0.25, 0.3) is 10.0 Å². The highest BCUT2D eigenvalue weighted by Crippen LogP contribution is 2.34. The van der Waals surface area contributed by atoms with Gasteiger partial charge in [-0.2, -0.15) is 0 Å². The van der Waals surface area contributed by atoms with Crippen LogP contribution in [0, 0.1) is 0 Å². The van der Waals surface area contributed by atoms with Gasteiger partial charge in [0.05, 0.1) is 4.90 Å². The van der Waals surface area contributed by atoms with Crippen LogP contribution in [0.1, 0.15) is 30.4 Å². The van der Waals surface area contributed by atoms with Gasteiger partial charge in [0.15, 0.2) is 0 Å². The highest BCUT2D eigenvalue weighted by atomic mass is 32.2. The first-order chi connectivity index (χ1) is 12.5. The van der Waals surface area contributed by atoms with E-state index in [9.17, 15) is 13.2 Å². The summed E-state index contributed by atoms with van der Waals surface area (Å²) in [5.41, 5.74) is 2.59. The van der Waals surface area contributed by atoms with Gasteiger partial charge in [0.2, 0.25) is 5.91 Å². The topological polar surface area (TPSA) is 78.8 Å². The van der Waals surface area contributed by atoms with E-state index in [1.165, 1.54) is 6.07 Å². The lowest BCUT2D eigenvalue weighted by Crippen LogP contribution is -2.38. The molecule has 0 aromatic heterocycles. The first-order valence-electron chi connectivity index (χ1n) is 8.53. The van der Waals surface area contributed by atoms with E-state index >= 15 is 0 Å². The molecule has 0 spiro atoms. The van der Waals surface area contributed by atoms with E-state index in [0.29, 0.717) is 18.0 Å². The minimum Gasteiger partial charge on any atom is -0.311 e. The van der Waals surface area contributed by atoms with E-state index < -0.39 is 10.0 Å². The lowest BCUT2D eigenvalue weighted by atomic mass is 9.91. The third-order valence-electron chi connectivity index (χ3n) is 4.88. The highest BCUT2D eigenvalue weighted by molar-refractivity contribution is 7.90. The minimum absolute atomic E-state index is 0.102. The maximum atomic E-state index is 12.7. The van der Waals surface area contributed by atoms with E-state index in [-0.39, 0.29) is 23.2 Å². The Kier molecular flexibility index (Phi) is 4.03. The predicted octanol–water partition coefficient (Wildman–Crippen LogP) is 2.27. The Morgan fingerprint density at radius 1 is 1.19 bits per heavy atom. The number of fused-ring (bicyclic) bond motifs is 2. The number of nitrogens with one attached hydrogen (secondary N) is 1. The molecule has 1 atom stereocenters. The van der Waals surface area contributed by atoms with Crippen LogP contribution in [0.2, 0.25) is 0 Å². The third kappa shape index (κ3) is 2.78. The Morgan fingerprint density at radius 2 is 1.92 bits per heavy atom.